The third kappa shape index (κ3) is 5.34. The molecule has 0 aromatic heterocycles. The number of nitrogens with one attached hydrogen (secondary N) is 1. The van der Waals surface area contributed by atoms with Crippen molar-refractivity contribution in [1.82, 2.24) is 5.32 Å². The van der Waals surface area contributed by atoms with E-state index < -0.39 is 5.82 Å². The highest BCUT2D eigenvalue weighted by Gasteiger charge is 2.16. The lowest BCUT2D eigenvalue weighted by Gasteiger charge is -2.12. The van der Waals surface area contributed by atoms with E-state index in [1.165, 1.54) is 13.2 Å². The monoisotopic (exact) mass is 393 g/mol. The van der Waals surface area contributed by atoms with Gasteiger partial charge in [-0.3, -0.25) is 4.79 Å². The van der Waals surface area contributed by atoms with E-state index >= 15 is 0 Å². The molecule has 0 radical (unpaired) electrons. The van der Waals surface area contributed by atoms with E-state index in [4.69, 9.17) is 25.8 Å². The summed E-state index contributed by atoms with van der Waals surface area (Å²) in [5, 5.41) is 3.22. The van der Waals surface area contributed by atoms with Gasteiger partial charge in [0.2, 0.25) is 0 Å². The van der Waals surface area contributed by atoms with E-state index in [2.05, 4.69) is 5.32 Å². The normalized spacial score (nSPS) is 16.2. The van der Waals surface area contributed by atoms with Crippen LogP contribution in [0.4, 0.5) is 4.39 Å². The zero-order valence-electron chi connectivity index (χ0n) is 15.0. The van der Waals surface area contributed by atoms with Gasteiger partial charge in [-0.15, -0.1) is 0 Å². The molecule has 3 rings (SSSR count). The first-order valence-corrected chi connectivity index (χ1v) is 9.08. The third-order valence-electron chi connectivity index (χ3n) is 4.28. The summed E-state index contributed by atoms with van der Waals surface area (Å²) in [6, 6.07) is 9.66. The van der Waals surface area contributed by atoms with E-state index in [1.807, 2.05) is 0 Å². The number of amides is 1. The van der Waals surface area contributed by atoms with Crippen molar-refractivity contribution in [1.29, 1.82) is 0 Å². The fourth-order valence-electron chi connectivity index (χ4n) is 2.89. The Morgan fingerprint density at radius 3 is 2.85 bits per heavy atom. The van der Waals surface area contributed by atoms with Crippen LogP contribution in [-0.2, 0) is 9.53 Å². The van der Waals surface area contributed by atoms with Gasteiger partial charge in [0.1, 0.15) is 5.75 Å². The molecule has 1 amide bonds. The molecule has 144 valence electrons. The number of carbonyl (C=O) groups is 1. The minimum Gasteiger partial charge on any atom is -0.494 e. The van der Waals surface area contributed by atoms with Crippen LogP contribution in [0.1, 0.15) is 12.8 Å². The standard InChI is InChI=1S/C20H21ClFNO4/c1-25-19-5-4-13(9-18(19)22)14-7-15(21)10-17(8-14)27-12-20(24)23-11-16-3-2-6-26-16/h4-5,7-10,16H,2-3,6,11-12H2,1H3,(H,23,24). The maximum Gasteiger partial charge on any atom is 0.258 e. The predicted octanol–water partition coefficient (Wildman–Crippen LogP) is 3.83. The van der Waals surface area contributed by atoms with Crippen LogP contribution >= 0.6 is 11.6 Å². The molecule has 2 aromatic carbocycles. The zero-order valence-corrected chi connectivity index (χ0v) is 15.7. The Morgan fingerprint density at radius 1 is 1.30 bits per heavy atom. The molecule has 1 aliphatic heterocycles. The number of carbonyl (C=O) groups excluding carboxylic acids is 1. The van der Waals surface area contributed by atoms with Crippen LogP contribution in [0.5, 0.6) is 11.5 Å². The predicted molar refractivity (Wildman–Crippen MR) is 101 cm³/mol. The van der Waals surface area contributed by atoms with Gasteiger partial charge in [0, 0.05) is 18.2 Å². The minimum absolute atomic E-state index is 0.0803. The summed E-state index contributed by atoms with van der Waals surface area (Å²) < 4.78 is 29.9. The largest absolute Gasteiger partial charge is 0.494 e. The fraction of sp³-hybridized carbons (Fsp3) is 0.350. The minimum atomic E-state index is -0.467. The van der Waals surface area contributed by atoms with Crippen molar-refractivity contribution in [2.75, 3.05) is 26.9 Å². The molecule has 7 heteroatoms. The summed E-state index contributed by atoms with van der Waals surface area (Å²) in [5.74, 6) is -0.102. The Balaban J connectivity index is 1.62. The van der Waals surface area contributed by atoms with Crippen LogP contribution in [0, 0.1) is 5.82 Å². The Hall–Kier alpha value is -2.31. The van der Waals surface area contributed by atoms with Crippen molar-refractivity contribution in [3.63, 3.8) is 0 Å². The summed E-state index contributed by atoms with van der Waals surface area (Å²) in [7, 11) is 1.41. The van der Waals surface area contributed by atoms with Crippen molar-refractivity contribution in [3.8, 4) is 22.6 Å². The second-order valence-corrected chi connectivity index (χ2v) is 6.69. The van der Waals surface area contributed by atoms with Gasteiger partial charge in [-0.05, 0) is 54.3 Å². The number of hydrogen-bond acceptors (Lipinski definition) is 4. The van der Waals surface area contributed by atoms with E-state index in [-0.39, 0.29) is 24.4 Å². The van der Waals surface area contributed by atoms with Crippen LogP contribution in [0.3, 0.4) is 0 Å². The maximum atomic E-state index is 14.0. The second-order valence-electron chi connectivity index (χ2n) is 6.25. The van der Waals surface area contributed by atoms with Crippen LogP contribution in [0.25, 0.3) is 11.1 Å². The Kier molecular flexibility index (Phi) is 6.53. The number of hydrogen-bond donors (Lipinski definition) is 1. The van der Waals surface area contributed by atoms with E-state index in [1.54, 1.807) is 30.3 Å². The van der Waals surface area contributed by atoms with Gasteiger partial charge < -0.3 is 19.5 Å². The van der Waals surface area contributed by atoms with Gasteiger partial charge >= 0.3 is 0 Å². The molecule has 1 aliphatic rings. The average molecular weight is 394 g/mol. The molecule has 27 heavy (non-hydrogen) atoms. The molecule has 1 N–H and O–H groups in total. The van der Waals surface area contributed by atoms with Gasteiger partial charge in [0.25, 0.3) is 5.91 Å². The summed E-state index contributed by atoms with van der Waals surface area (Å²) in [5.41, 5.74) is 1.31. The highest BCUT2D eigenvalue weighted by molar-refractivity contribution is 6.31. The molecule has 0 saturated carbocycles. The van der Waals surface area contributed by atoms with Crippen molar-refractivity contribution < 1.29 is 23.4 Å². The number of benzene rings is 2. The molecular formula is C20H21ClFNO4. The Bertz CT molecular complexity index is 809. The Morgan fingerprint density at radius 2 is 2.15 bits per heavy atom. The molecule has 1 heterocycles. The van der Waals surface area contributed by atoms with Gasteiger partial charge in [0.15, 0.2) is 18.2 Å². The first-order chi connectivity index (χ1) is 13.0. The summed E-state index contributed by atoms with van der Waals surface area (Å²) in [4.78, 5) is 11.9. The summed E-state index contributed by atoms with van der Waals surface area (Å²) >= 11 is 6.15. The molecule has 1 unspecified atom stereocenters. The van der Waals surface area contributed by atoms with Crippen molar-refractivity contribution in [3.05, 3.63) is 47.2 Å². The highest BCUT2D eigenvalue weighted by atomic mass is 35.5. The van der Waals surface area contributed by atoms with E-state index in [0.29, 0.717) is 28.4 Å². The van der Waals surface area contributed by atoms with Crippen LogP contribution in [0.2, 0.25) is 5.02 Å². The van der Waals surface area contributed by atoms with Crippen molar-refractivity contribution >= 4 is 17.5 Å². The lowest BCUT2D eigenvalue weighted by atomic mass is 10.1. The molecule has 5 nitrogen and oxygen atoms in total. The molecule has 0 bridgehead atoms. The highest BCUT2D eigenvalue weighted by Crippen LogP contribution is 2.31. The zero-order chi connectivity index (χ0) is 19.2. The maximum absolute atomic E-state index is 14.0. The lowest BCUT2D eigenvalue weighted by molar-refractivity contribution is -0.123. The SMILES string of the molecule is COc1ccc(-c2cc(Cl)cc(OCC(=O)NCC3CCCO3)c2)cc1F. The van der Waals surface area contributed by atoms with E-state index in [0.717, 1.165) is 19.4 Å². The molecule has 2 aromatic rings. The molecule has 0 aliphatic carbocycles. The number of ether oxygens (including phenoxy) is 3. The van der Waals surface area contributed by atoms with E-state index in [9.17, 15) is 9.18 Å². The average Bonchev–Trinajstić information content (AvgIpc) is 3.18. The summed E-state index contributed by atoms with van der Waals surface area (Å²) in [6.45, 7) is 1.09. The number of halogens is 2. The van der Waals surface area contributed by atoms with Crippen LogP contribution in [-0.4, -0.2) is 38.9 Å². The quantitative estimate of drug-likeness (QED) is 0.776. The second kappa shape index (κ2) is 9.06. The van der Waals surface area contributed by atoms with Crippen LogP contribution < -0.4 is 14.8 Å². The fourth-order valence-corrected chi connectivity index (χ4v) is 3.12. The molecule has 1 atom stereocenters. The molecular weight excluding hydrogens is 373 g/mol. The number of rotatable bonds is 7. The first kappa shape index (κ1) is 19.5. The van der Waals surface area contributed by atoms with Crippen molar-refractivity contribution in [2.45, 2.75) is 18.9 Å². The topological polar surface area (TPSA) is 56.8 Å². The van der Waals surface area contributed by atoms with Gasteiger partial charge in [-0.1, -0.05) is 17.7 Å². The lowest BCUT2D eigenvalue weighted by Crippen LogP contribution is -2.35. The third-order valence-corrected chi connectivity index (χ3v) is 4.50. The first-order valence-electron chi connectivity index (χ1n) is 8.71. The van der Waals surface area contributed by atoms with Crippen molar-refractivity contribution in [2.24, 2.45) is 0 Å². The van der Waals surface area contributed by atoms with Gasteiger partial charge in [-0.25, -0.2) is 4.39 Å². The Labute approximate surface area is 162 Å². The van der Waals surface area contributed by atoms with Crippen LogP contribution in [0.15, 0.2) is 36.4 Å². The molecule has 1 fully saturated rings. The number of methoxy groups -OCH3 is 1. The smallest absolute Gasteiger partial charge is 0.258 e. The van der Waals surface area contributed by atoms with Gasteiger partial charge in [-0.2, -0.15) is 0 Å². The van der Waals surface area contributed by atoms with Gasteiger partial charge in [0.05, 0.1) is 13.2 Å². The molecule has 1 saturated heterocycles. The molecule has 0 spiro atoms. The summed E-state index contributed by atoms with van der Waals surface area (Å²) in [6.07, 6.45) is 2.06.